The van der Waals surface area contributed by atoms with E-state index in [4.69, 9.17) is 30.5 Å². The minimum atomic E-state index is 0.379. The summed E-state index contributed by atoms with van der Waals surface area (Å²) in [6.07, 6.45) is 3.85. The van der Waals surface area contributed by atoms with Crippen molar-refractivity contribution in [2.24, 2.45) is 0 Å². The van der Waals surface area contributed by atoms with E-state index in [0.29, 0.717) is 75.6 Å². The van der Waals surface area contributed by atoms with Crippen molar-refractivity contribution >= 4 is 33.9 Å². The zero-order valence-corrected chi connectivity index (χ0v) is 20.0. The van der Waals surface area contributed by atoms with Gasteiger partial charge in [-0.2, -0.15) is 5.26 Å². The number of alkyl halides is 1. The number of fused-ring (bicyclic) bond motifs is 1. The van der Waals surface area contributed by atoms with Crippen molar-refractivity contribution < 1.29 is 18.9 Å². The fourth-order valence-corrected chi connectivity index (χ4v) is 3.51. The molecule has 0 fully saturated rings. The smallest absolute Gasteiger partial charge is 0.219 e. The van der Waals surface area contributed by atoms with E-state index >= 15 is 0 Å². The Labute approximate surface area is 208 Å². The molecule has 2 aromatic heterocycles. The second-order valence-corrected chi connectivity index (χ2v) is 7.71. The molecule has 9 heteroatoms. The van der Waals surface area contributed by atoms with Crippen LogP contribution in [0.15, 0.2) is 60.9 Å². The summed E-state index contributed by atoms with van der Waals surface area (Å²) >= 11 is 5.75. The van der Waals surface area contributed by atoms with E-state index in [1.807, 2.05) is 24.3 Å². The van der Waals surface area contributed by atoms with Gasteiger partial charge in [-0.25, -0.2) is 4.98 Å². The molecule has 0 aliphatic rings. The average molecular weight is 491 g/mol. The molecule has 0 saturated carbocycles. The van der Waals surface area contributed by atoms with Gasteiger partial charge in [-0.3, -0.25) is 4.98 Å². The Morgan fingerprint density at radius 2 is 1.74 bits per heavy atom. The molecule has 0 aliphatic heterocycles. The summed E-state index contributed by atoms with van der Waals surface area (Å²) in [5, 5.41) is 13.7. The standard InChI is InChI=1S/C26H23ClN4O4/c1-32-21-6-3-4-7-22(21)35-25-9-8-18(16-30-25)31-26-17(14-28)15-29-20-13-24(34-11-5-10-27)23(33-2)12-19(20)26/h3-4,6-9,12-13,15-16H,5,10-11H2,1-2H3,(H,29,31). The van der Waals surface area contributed by atoms with Crippen molar-refractivity contribution in [2.45, 2.75) is 6.42 Å². The maximum Gasteiger partial charge on any atom is 0.219 e. The van der Waals surface area contributed by atoms with Gasteiger partial charge in [0, 0.05) is 29.6 Å². The SMILES string of the molecule is COc1cc2c(Nc3ccc(Oc4ccccc4OC)nc3)c(C#N)cnc2cc1OCCCCl. The monoisotopic (exact) mass is 490 g/mol. The van der Waals surface area contributed by atoms with Crippen molar-refractivity contribution in [1.82, 2.24) is 9.97 Å². The molecule has 0 atom stereocenters. The van der Waals surface area contributed by atoms with Crippen molar-refractivity contribution in [3.63, 3.8) is 0 Å². The van der Waals surface area contributed by atoms with Crippen LogP contribution < -0.4 is 24.3 Å². The molecule has 1 N–H and O–H groups in total. The van der Waals surface area contributed by atoms with Gasteiger partial charge in [0.05, 0.1) is 49.5 Å². The van der Waals surface area contributed by atoms with E-state index in [-0.39, 0.29) is 0 Å². The van der Waals surface area contributed by atoms with Crippen LogP contribution in [0.4, 0.5) is 11.4 Å². The van der Waals surface area contributed by atoms with E-state index in [9.17, 15) is 5.26 Å². The maximum absolute atomic E-state index is 9.69. The third-order valence-electron chi connectivity index (χ3n) is 5.10. The van der Waals surface area contributed by atoms with Gasteiger partial charge in [0.25, 0.3) is 0 Å². The fourth-order valence-electron chi connectivity index (χ4n) is 3.40. The summed E-state index contributed by atoms with van der Waals surface area (Å²) in [6.45, 7) is 0.460. The fraction of sp³-hybridized carbons (Fsp3) is 0.192. The molecule has 0 spiro atoms. The highest BCUT2D eigenvalue weighted by molar-refractivity contribution is 6.17. The van der Waals surface area contributed by atoms with Crippen LogP contribution in [-0.4, -0.2) is 36.7 Å². The first-order valence-corrected chi connectivity index (χ1v) is 11.3. The summed E-state index contributed by atoms with van der Waals surface area (Å²) in [5.41, 5.74) is 2.29. The lowest BCUT2D eigenvalue weighted by Gasteiger charge is -2.15. The van der Waals surface area contributed by atoms with Crippen molar-refractivity contribution in [2.75, 3.05) is 32.0 Å². The van der Waals surface area contributed by atoms with Crippen LogP contribution in [0.25, 0.3) is 10.9 Å². The molecule has 178 valence electrons. The molecule has 4 rings (SSSR count). The van der Waals surface area contributed by atoms with Crippen LogP contribution in [-0.2, 0) is 0 Å². The first-order valence-electron chi connectivity index (χ1n) is 10.8. The van der Waals surface area contributed by atoms with Gasteiger partial charge in [-0.1, -0.05) is 12.1 Å². The second-order valence-electron chi connectivity index (χ2n) is 7.33. The summed E-state index contributed by atoms with van der Waals surface area (Å²) in [6, 6.07) is 16.6. The molecule has 0 saturated heterocycles. The van der Waals surface area contributed by atoms with Crippen LogP contribution in [0.5, 0.6) is 28.9 Å². The Bertz CT molecular complexity index is 1360. The maximum atomic E-state index is 9.69. The minimum Gasteiger partial charge on any atom is -0.493 e. The van der Waals surface area contributed by atoms with Crippen LogP contribution in [0.1, 0.15) is 12.0 Å². The van der Waals surface area contributed by atoms with Gasteiger partial charge in [0.15, 0.2) is 23.0 Å². The van der Waals surface area contributed by atoms with E-state index < -0.39 is 0 Å². The number of rotatable bonds is 10. The molecule has 0 unspecified atom stereocenters. The van der Waals surface area contributed by atoms with Gasteiger partial charge < -0.3 is 24.3 Å². The predicted octanol–water partition coefficient (Wildman–Crippen LogP) is 6.06. The third-order valence-corrected chi connectivity index (χ3v) is 5.37. The minimum absolute atomic E-state index is 0.379. The highest BCUT2D eigenvalue weighted by Crippen LogP contribution is 2.37. The van der Waals surface area contributed by atoms with Gasteiger partial charge >= 0.3 is 0 Å². The zero-order chi connectivity index (χ0) is 24.6. The van der Waals surface area contributed by atoms with Crippen molar-refractivity contribution in [1.29, 1.82) is 5.26 Å². The van der Waals surface area contributed by atoms with Crippen LogP contribution in [0.2, 0.25) is 0 Å². The number of methoxy groups -OCH3 is 2. The molecule has 0 bridgehead atoms. The number of nitrogens with zero attached hydrogens (tertiary/aromatic N) is 3. The van der Waals surface area contributed by atoms with Crippen LogP contribution in [0, 0.1) is 11.3 Å². The molecule has 2 heterocycles. The number of nitriles is 1. The van der Waals surface area contributed by atoms with Gasteiger partial charge in [0.1, 0.15) is 6.07 Å². The first-order chi connectivity index (χ1) is 17.2. The Balaban J connectivity index is 1.63. The lowest BCUT2D eigenvalue weighted by atomic mass is 10.1. The summed E-state index contributed by atoms with van der Waals surface area (Å²) in [5.74, 6) is 3.17. The lowest BCUT2D eigenvalue weighted by molar-refractivity contribution is 0.295. The molecular weight excluding hydrogens is 468 g/mol. The molecule has 0 radical (unpaired) electrons. The topological polar surface area (TPSA) is 98.5 Å². The van der Waals surface area contributed by atoms with Crippen LogP contribution >= 0.6 is 11.6 Å². The van der Waals surface area contributed by atoms with Crippen molar-refractivity contribution in [3.05, 3.63) is 66.5 Å². The van der Waals surface area contributed by atoms with E-state index in [1.165, 1.54) is 6.20 Å². The number of nitrogens with one attached hydrogen (secondary N) is 1. The Morgan fingerprint density at radius 1 is 0.943 bits per heavy atom. The third kappa shape index (κ3) is 5.48. The average Bonchev–Trinajstić information content (AvgIpc) is 2.90. The number of aromatic nitrogens is 2. The first kappa shape index (κ1) is 23.9. The predicted molar refractivity (Wildman–Crippen MR) is 134 cm³/mol. The Hall–Kier alpha value is -4.22. The number of anilines is 2. The number of hydrogen-bond donors (Lipinski definition) is 1. The summed E-state index contributed by atoms with van der Waals surface area (Å²) in [7, 11) is 3.15. The summed E-state index contributed by atoms with van der Waals surface area (Å²) < 4.78 is 22.5. The summed E-state index contributed by atoms with van der Waals surface area (Å²) in [4.78, 5) is 8.80. The highest BCUT2D eigenvalue weighted by Gasteiger charge is 2.15. The Kier molecular flexibility index (Phi) is 7.70. The normalized spacial score (nSPS) is 10.5. The number of hydrogen-bond acceptors (Lipinski definition) is 8. The number of pyridine rings is 2. The second kappa shape index (κ2) is 11.3. The highest BCUT2D eigenvalue weighted by atomic mass is 35.5. The lowest BCUT2D eigenvalue weighted by Crippen LogP contribution is -2.02. The van der Waals surface area contributed by atoms with Crippen molar-refractivity contribution in [3.8, 4) is 34.9 Å². The van der Waals surface area contributed by atoms with Gasteiger partial charge in [-0.15, -0.1) is 11.6 Å². The number of ether oxygens (including phenoxy) is 4. The molecule has 8 nitrogen and oxygen atoms in total. The molecule has 2 aromatic carbocycles. The molecule has 0 amide bonds. The molecule has 35 heavy (non-hydrogen) atoms. The zero-order valence-electron chi connectivity index (χ0n) is 19.2. The van der Waals surface area contributed by atoms with E-state index in [2.05, 4.69) is 21.4 Å². The molecule has 4 aromatic rings. The largest absolute Gasteiger partial charge is 0.493 e. The molecular formula is C26H23ClN4O4. The molecule has 0 aliphatic carbocycles. The Morgan fingerprint density at radius 3 is 2.43 bits per heavy atom. The van der Waals surface area contributed by atoms with E-state index in [0.717, 1.165) is 0 Å². The van der Waals surface area contributed by atoms with Gasteiger partial charge in [0.2, 0.25) is 5.88 Å². The number of benzene rings is 2. The van der Waals surface area contributed by atoms with Crippen LogP contribution in [0.3, 0.4) is 0 Å². The number of halogens is 1. The van der Waals surface area contributed by atoms with E-state index in [1.54, 1.807) is 44.7 Å². The quantitative estimate of drug-likeness (QED) is 0.211. The number of para-hydroxylation sites is 2. The van der Waals surface area contributed by atoms with Gasteiger partial charge in [-0.05, 0) is 30.7 Å².